The van der Waals surface area contributed by atoms with E-state index in [1.807, 2.05) is 39.0 Å². The fourth-order valence-electron chi connectivity index (χ4n) is 2.95. The van der Waals surface area contributed by atoms with Gasteiger partial charge in [0.05, 0.1) is 18.9 Å². The van der Waals surface area contributed by atoms with Crippen LogP contribution in [0, 0.1) is 13.8 Å². The maximum Gasteiger partial charge on any atom is 0.258 e. The van der Waals surface area contributed by atoms with Gasteiger partial charge in [0.25, 0.3) is 5.91 Å². The van der Waals surface area contributed by atoms with Gasteiger partial charge in [-0.25, -0.2) is 0 Å². The van der Waals surface area contributed by atoms with Crippen LogP contribution in [0.1, 0.15) is 34.1 Å². The zero-order chi connectivity index (χ0) is 17.1. The maximum absolute atomic E-state index is 12.5. The van der Waals surface area contributed by atoms with Crippen LogP contribution in [-0.4, -0.2) is 37.4 Å². The van der Waals surface area contributed by atoms with E-state index in [-0.39, 0.29) is 5.91 Å². The van der Waals surface area contributed by atoms with Gasteiger partial charge < -0.3 is 14.2 Å². The number of nitrogens with zero attached hydrogens (tertiary/aromatic N) is 2. The normalized spacial score (nSPS) is 14.7. The Hall–Kier alpha value is -2.34. The zero-order valence-corrected chi connectivity index (χ0v) is 14.4. The van der Waals surface area contributed by atoms with Crippen LogP contribution in [0.25, 0.3) is 0 Å². The van der Waals surface area contributed by atoms with Crippen LogP contribution >= 0.6 is 0 Å². The van der Waals surface area contributed by atoms with Gasteiger partial charge in [-0.2, -0.15) is 0 Å². The maximum atomic E-state index is 12.5. The van der Waals surface area contributed by atoms with Gasteiger partial charge in [0.15, 0.2) is 0 Å². The number of hydrogen-bond acceptors (Lipinski definition) is 5. The first-order valence-electron chi connectivity index (χ1n) is 8.30. The molecule has 0 spiro atoms. The third kappa shape index (κ3) is 3.28. The van der Waals surface area contributed by atoms with Gasteiger partial charge in [0, 0.05) is 29.9 Å². The van der Waals surface area contributed by atoms with E-state index in [9.17, 15) is 4.79 Å². The molecule has 1 amide bonds. The molecule has 3 rings (SSSR count). The molecule has 1 saturated heterocycles. The number of amides is 1. The second-order valence-corrected chi connectivity index (χ2v) is 5.99. The smallest absolute Gasteiger partial charge is 0.258 e. The van der Waals surface area contributed by atoms with E-state index in [1.54, 1.807) is 0 Å². The number of carbonyl (C=O) groups is 1. The summed E-state index contributed by atoms with van der Waals surface area (Å²) in [6, 6.07) is 5.76. The topological polar surface area (TPSA) is 67.6 Å². The van der Waals surface area contributed by atoms with Crippen LogP contribution in [0.3, 0.4) is 0 Å². The van der Waals surface area contributed by atoms with Crippen LogP contribution < -0.4 is 10.2 Å². The van der Waals surface area contributed by atoms with Gasteiger partial charge >= 0.3 is 0 Å². The predicted octanol–water partition coefficient (Wildman–Crippen LogP) is 2.94. The van der Waals surface area contributed by atoms with Gasteiger partial charge in [-0.3, -0.25) is 10.1 Å². The van der Waals surface area contributed by atoms with Gasteiger partial charge in [-0.15, -0.1) is 0 Å². The molecule has 0 bridgehead atoms. The Morgan fingerprint density at radius 2 is 2.04 bits per heavy atom. The number of anilines is 2. The number of morpholine rings is 1. The van der Waals surface area contributed by atoms with E-state index in [2.05, 4.69) is 15.4 Å². The van der Waals surface area contributed by atoms with E-state index in [0.29, 0.717) is 11.4 Å². The molecule has 2 heterocycles. The third-order valence-corrected chi connectivity index (χ3v) is 4.39. The summed E-state index contributed by atoms with van der Waals surface area (Å²) in [4.78, 5) is 14.8. The summed E-state index contributed by atoms with van der Waals surface area (Å²) in [5.41, 5.74) is 4.59. The van der Waals surface area contributed by atoms with E-state index in [4.69, 9.17) is 9.26 Å². The number of aryl methyl sites for hydroxylation is 2. The van der Waals surface area contributed by atoms with Crippen LogP contribution in [0.4, 0.5) is 11.6 Å². The lowest BCUT2D eigenvalue weighted by Crippen LogP contribution is -2.36. The summed E-state index contributed by atoms with van der Waals surface area (Å²) in [7, 11) is 0. The molecular formula is C18H23N3O3. The number of rotatable bonds is 4. The Kier molecular flexibility index (Phi) is 4.85. The average Bonchev–Trinajstić information content (AvgIpc) is 2.95. The summed E-state index contributed by atoms with van der Waals surface area (Å²) in [5, 5.41) is 6.77. The van der Waals surface area contributed by atoms with Gasteiger partial charge in [0.1, 0.15) is 0 Å². The van der Waals surface area contributed by atoms with Crippen molar-refractivity contribution in [2.24, 2.45) is 0 Å². The number of benzene rings is 1. The molecule has 1 fully saturated rings. The van der Waals surface area contributed by atoms with Crippen molar-refractivity contribution in [2.45, 2.75) is 27.2 Å². The van der Waals surface area contributed by atoms with E-state index < -0.39 is 0 Å². The van der Waals surface area contributed by atoms with E-state index >= 15 is 0 Å². The molecule has 1 aromatic heterocycles. The summed E-state index contributed by atoms with van der Waals surface area (Å²) in [6.45, 7) is 9.17. The number of hydrogen-bond donors (Lipinski definition) is 1. The van der Waals surface area contributed by atoms with Crippen LogP contribution in [-0.2, 0) is 11.2 Å². The second-order valence-electron chi connectivity index (χ2n) is 5.99. The van der Waals surface area contributed by atoms with Crippen LogP contribution in [0.15, 0.2) is 22.7 Å². The molecule has 6 nitrogen and oxygen atoms in total. The number of ether oxygens (including phenoxy) is 1. The summed E-state index contributed by atoms with van der Waals surface area (Å²) in [5.74, 6) is 0.236. The summed E-state index contributed by atoms with van der Waals surface area (Å²) < 4.78 is 10.6. The summed E-state index contributed by atoms with van der Waals surface area (Å²) >= 11 is 0. The molecule has 0 atom stereocenters. The Balaban J connectivity index is 1.75. The van der Waals surface area contributed by atoms with E-state index in [0.717, 1.165) is 55.2 Å². The molecule has 1 aliphatic rings. The first-order valence-corrected chi connectivity index (χ1v) is 8.30. The minimum atomic E-state index is -0.187. The molecule has 2 aromatic rings. The summed E-state index contributed by atoms with van der Waals surface area (Å²) in [6.07, 6.45) is 0.776. The van der Waals surface area contributed by atoms with Crippen molar-refractivity contribution in [3.8, 4) is 0 Å². The molecule has 128 valence electrons. The monoisotopic (exact) mass is 329 g/mol. The Morgan fingerprint density at radius 3 is 2.67 bits per heavy atom. The highest BCUT2D eigenvalue weighted by Gasteiger charge is 2.17. The lowest BCUT2D eigenvalue weighted by molar-refractivity contribution is 0.102. The highest BCUT2D eigenvalue weighted by atomic mass is 16.5. The van der Waals surface area contributed by atoms with Gasteiger partial charge in [0.2, 0.25) is 5.88 Å². The molecule has 0 saturated carbocycles. The van der Waals surface area contributed by atoms with Gasteiger partial charge in [-0.05, 0) is 44.0 Å². The minimum Gasteiger partial charge on any atom is -0.378 e. The highest BCUT2D eigenvalue weighted by molar-refractivity contribution is 6.04. The Bertz CT molecular complexity index is 733. The van der Waals surface area contributed by atoms with Crippen molar-refractivity contribution < 1.29 is 14.1 Å². The van der Waals surface area contributed by atoms with Crippen LogP contribution in [0.2, 0.25) is 0 Å². The molecule has 1 N–H and O–H groups in total. The lowest BCUT2D eigenvalue weighted by Gasteiger charge is -2.30. The molecule has 24 heavy (non-hydrogen) atoms. The van der Waals surface area contributed by atoms with Crippen molar-refractivity contribution in [3.05, 3.63) is 40.6 Å². The SMILES string of the molecule is CCc1noc(NC(=O)c2ccc(N3CCOCC3)c(C)c2)c1C. The van der Waals surface area contributed by atoms with Crippen LogP contribution in [0.5, 0.6) is 0 Å². The van der Waals surface area contributed by atoms with Crippen molar-refractivity contribution in [2.75, 3.05) is 36.5 Å². The molecule has 6 heteroatoms. The third-order valence-electron chi connectivity index (χ3n) is 4.39. The zero-order valence-electron chi connectivity index (χ0n) is 14.4. The fraction of sp³-hybridized carbons (Fsp3) is 0.444. The highest BCUT2D eigenvalue weighted by Crippen LogP contribution is 2.24. The first kappa shape index (κ1) is 16.5. The molecular weight excluding hydrogens is 306 g/mol. The second kappa shape index (κ2) is 7.05. The van der Waals surface area contributed by atoms with Gasteiger partial charge in [-0.1, -0.05) is 12.1 Å². The number of aromatic nitrogens is 1. The largest absolute Gasteiger partial charge is 0.378 e. The number of nitrogens with one attached hydrogen (secondary N) is 1. The lowest BCUT2D eigenvalue weighted by atomic mass is 10.1. The van der Waals surface area contributed by atoms with E-state index in [1.165, 1.54) is 0 Å². The number of carbonyl (C=O) groups excluding carboxylic acids is 1. The fourth-order valence-corrected chi connectivity index (χ4v) is 2.95. The Morgan fingerprint density at radius 1 is 1.29 bits per heavy atom. The predicted molar refractivity (Wildman–Crippen MR) is 92.8 cm³/mol. The van der Waals surface area contributed by atoms with Crippen molar-refractivity contribution in [1.29, 1.82) is 0 Å². The standard InChI is InChI=1S/C18H23N3O3/c1-4-15-13(3)18(24-20-15)19-17(22)14-5-6-16(12(2)11-14)21-7-9-23-10-8-21/h5-6,11H,4,7-10H2,1-3H3,(H,19,22). The van der Waals surface area contributed by atoms with Crippen molar-refractivity contribution in [3.63, 3.8) is 0 Å². The average molecular weight is 329 g/mol. The quantitative estimate of drug-likeness (QED) is 0.934. The molecule has 0 unspecified atom stereocenters. The Labute approximate surface area is 141 Å². The molecule has 0 radical (unpaired) electrons. The first-order chi connectivity index (χ1) is 11.6. The molecule has 1 aromatic carbocycles. The molecule has 1 aliphatic heterocycles. The van der Waals surface area contributed by atoms with Crippen molar-refractivity contribution >= 4 is 17.5 Å². The minimum absolute atomic E-state index is 0.187. The van der Waals surface area contributed by atoms with Crippen molar-refractivity contribution in [1.82, 2.24) is 5.16 Å². The molecule has 0 aliphatic carbocycles.